The van der Waals surface area contributed by atoms with Gasteiger partial charge in [0.25, 0.3) is 0 Å². The Morgan fingerprint density at radius 1 is 1.33 bits per heavy atom. The van der Waals surface area contributed by atoms with Crippen LogP contribution in [0.1, 0.15) is 34.5 Å². The number of carboxylic acid groups (broad SMARTS) is 1. The van der Waals surface area contributed by atoms with Crippen LogP contribution in [-0.4, -0.2) is 39.7 Å². The summed E-state index contributed by atoms with van der Waals surface area (Å²) in [4.78, 5) is 15.9. The third-order valence-corrected chi connectivity index (χ3v) is 4.58. The zero-order valence-electron chi connectivity index (χ0n) is 15.0. The van der Waals surface area contributed by atoms with E-state index < -0.39 is 5.97 Å². The van der Waals surface area contributed by atoms with Crippen molar-refractivity contribution in [3.63, 3.8) is 0 Å². The third-order valence-electron chi connectivity index (χ3n) is 4.21. The number of methoxy groups -OCH3 is 1. The number of hydrogen-bond donors (Lipinski definition) is 3. The molecule has 0 saturated heterocycles. The minimum atomic E-state index is -1.00. The number of nitrogens with one attached hydrogen (secondary N) is 1. The van der Waals surface area contributed by atoms with Crippen LogP contribution in [0.25, 0.3) is 5.82 Å². The van der Waals surface area contributed by atoms with Crippen molar-refractivity contribution in [1.29, 1.82) is 0 Å². The summed E-state index contributed by atoms with van der Waals surface area (Å²) >= 11 is 4.53. The Kier molecular flexibility index (Phi) is 5.78. The molecular weight excluding hydrogens is 364 g/mol. The van der Waals surface area contributed by atoms with Crippen molar-refractivity contribution in [3.8, 4) is 5.82 Å². The molecule has 0 spiro atoms. The fourth-order valence-corrected chi connectivity index (χ4v) is 2.94. The van der Waals surface area contributed by atoms with Crippen molar-refractivity contribution in [2.45, 2.75) is 17.7 Å². The van der Waals surface area contributed by atoms with Crippen LogP contribution in [0.2, 0.25) is 0 Å². The number of carboxylic acids is 1. The van der Waals surface area contributed by atoms with Gasteiger partial charge in [-0.15, -0.1) is 12.6 Å². The van der Waals surface area contributed by atoms with Crippen molar-refractivity contribution >= 4 is 24.3 Å². The lowest BCUT2D eigenvalue weighted by molar-refractivity contribution is 0.0696. The molecule has 0 aliphatic heterocycles. The summed E-state index contributed by atoms with van der Waals surface area (Å²) in [6.07, 6.45) is 3.13. The highest BCUT2D eigenvalue weighted by atomic mass is 32.1. The van der Waals surface area contributed by atoms with Crippen LogP contribution in [0.15, 0.2) is 53.7 Å². The lowest BCUT2D eigenvalue weighted by Crippen LogP contribution is -2.05. The Hall–Kier alpha value is -2.84. The van der Waals surface area contributed by atoms with Gasteiger partial charge in [-0.3, -0.25) is 0 Å². The normalized spacial score (nSPS) is 12.0. The molecule has 2 N–H and O–H groups in total. The van der Waals surface area contributed by atoms with Crippen molar-refractivity contribution in [3.05, 3.63) is 65.6 Å². The number of aromatic carboxylic acids is 1. The summed E-state index contributed by atoms with van der Waals surface area (Å²) < 4.78 is 6.65. The zero-order chi connectivity index (χ0) is 19.4. The van der Waals surface area contributed by atoms with Gasteiger partial charge >= 0.3 is 5.97 Å². The standard InChI is InChI=1S/C19H20N4O3S/c1-12(13-3-5-16(17(27)9-13)21-11-26-2)15-7-8-23(22-15)18-6-4-14(10-20-18)19(24)25/h3-10,12,21,27H,11H2,1-2H3,(H,24,25). The highest BCUT2D eigenvalue weighted by Crippen LogP contribution is 2.28. The van der Waals surface area contributed by atoms with E-state index in [1.165, 1.54) is 12.3 Å². The molecular formula is C19H20N4O3S. The number of nitrogens with zero attached hydrogens (tertiary/aromatic N) is 3. The predicted molar refractivity (Wildman–Crippen MR) is 105 cm³/mol. The summed E-state index contributed by atoms with van der Waals surface area (Å²) in [5, 5.41) is 16.7. The summed E-state index contributed by atoms with van der Waals surface area (Å²) in [5.41, 5.74) is 3.01. The van der Waals surface area contributed by atoms with E-state index in [-0.39, 0.29) is 11.5 Å². The van der Waals surface area contributed by atoms with Crippen LogP contribution in [0, 0.1) is 0 Å². The van der Waals surface area contributed by atoms with E-state index >= 15 is 0 Å². The molecule has 0 amide bonds. The molecule has 0 aliphatic rings. The fourth-order valence-electron chi connectivity index (χ4n) is 2.63. The first-order valence-corrected chi connectivity index (χ1v) is 8.75. The van der Waals surface area contributed by atoms with Crippen LogP contribution < -0.4 is 5.32 Å². The maximum absolute atomic E-state index is 10.9. The van der Waals surface area contributed by atoms with E-state index in [1.54, 1.807) is 17.9 Å². The van der Waals surface area contributed by atoms with Gasteiger partial charge in [0.15, 0.2) is 5.82 Å². The number of thiol groups is 1. The SMILES string of the molecule is COCNc1ccc(C(C)c2ccn(-c3ccc(C(=O)O)cn3)n2)cc1S. The van der Waals surface area contributed by atoms with Gasteiger partial charge in [-0.1, -0.05) is 13.0 Å². The molecule has 1 atom stereocenters. The van der Waals surface area contributed by atoms with Crippen LogP contribution >= 0.6 is 12.6 Å². The summed E-state index contributed by atoms with van der Waals surface area (Å²) in [7, 11) is 1.63. The van der Waals surface area contributed by atoms with Gasteiger partial charge in [0.05, 0.1) is 11.3 Å². The highest BCUT2D eigenvalue weighted by Gasteiger charge is 2.14. The molecule has 8 heteroatoms. The molecule has 3 rings (SSSR count). The second-order valence-corrected chi connectivity index (χ2v) is 6.49. The molecule has 140 valence electrons. The Morgan fingerprint density at radius 2 is 2.15 bits per heavy atom. The first-order chi connectivity index (χ1) is 13.0. The highest BCUT2D eigenvalue weighted by molar-refractivity contribution is 7.80. The first-order valence-electron chi connectivity index (χ1n) is 8.30. The average molecular weight is 384 g/mol. The van der Waals surface area contributed by atoms with Crippen molar-refractivity contribution in [1.82, 2.24) is 14.8 Å². The monoisotopic (exact) mass is 384 g/mol. The number of pyridine rings is 1. The Bertz CT molecular complexity index is 940. The quantitative estimate of drug-likeness (QED) is 0.427. The molecule has 0 saturated carbocycles. The van der Waals surface area contributed by atoms with E-state index in [9.17, 15) is 4.79 Å². The number of anilines is 1. The molecule has 2 aromatic heterocycles. The van der Waals surface area contributed by atoms with Gasteiger partial charge in [0.1, 0.15) is 6.73 Å². The second kappa shape index (κ2) is 8.24. The van der Waals surface area contributed by atoms with Crippen LogP contribution in [-0.2, 0) is 4.74 Å². The molecule has 0 bridgehead atoms. The lowest BCUT2D eigenvalue weighted by atomic mass is 9.98. The molecule has 0 aliphatic carbocycles. The number of benzene rings is 1. The van der Waals surface area contributed by atoms with Gasteiger partial charge in [-0.25, -0.2) is 14.5 Å². The smallest absolute Gasteiger partial charge is 0.337 e. The number of ether oxygens (including phenoxy) is 1. The largest absolute Gasteiger partial charge is 0.478 e. The summed E-state index contributed by atoms with van der Waals surface area (Å²) in [6.45, 7) is 2.49. The van der Waals surface area contributed by atoms with E-state index in [0.717, 1.165) is 21.8 Å². The minimum absolute atomic E-state index is 0.0620. The molecule has 3 aromatic rings. The molecule has 1 unspecified atom stereocenters. The maximum atomic E-state index is 10.9. The van der Waals surface area contributed by atoms with Crippen LogP contribution in [0.3, 0.4) is 0 Å². The number of aromatic nitrogens is 3. The van der Waals surface area contributed by atoms with E-state index in [1.807, 2.05) is 30.5 Å². The van der Waals surface area contributed by atoms with E-state index in [2.05, 4.69) is 35.0 Å². The predicted octanol–water partition coefficient (Wildman–Crippen LogP) is 3.42. The summed E-state index contributed by atoms with van der Waals surface area (Å²) in [6, 6.07) is 11.1. The molecule has 0 radical (unpaired) electrons. The molecule has 0 fully saturated rings. The number of hydrogen-bond acceptors (Lipinski definition) is 6. The van der Waals surface area contributed by atoms with Crippen LogP contribution in [0.5, 0.6) is 0 Å². The Balaban J connectivity index is 1.79. The van der Waals surface area contributed by atoms with Crippen molar-refractivity contribution in [2.75, 3.05) is 19.2 Å². The van der Waals surface area contributed by atoms with Gasteiger partial charge in [-0.05, 0) is 35.9 Å². The van der Waals surface area contributed by atoms with Gasteiger partial charge < -0.3 is 15.2 Å². The van der Waals surface area contributed by atoms with E-state index in [4.69, 9.17) is 9.84 Å². The second-order valence-electron chi connectivity index (χ2n) is 6.00. The minimum Gasteiger partial charge on any atom is -0.478 e. The van der Waals surface area contributed by atoms with Crippen molar-refractivity contribution in [2.24, 2.45) is 0 Å². The number of carbonyl (C=O) groups is 1. The van der Waals surface area contributed by atoms with Crippen LogP contribution in [0.4, 0.5) is 5.69 Å². The summed E-state index contributed by atoms with van der Waals surface area (Å²) in [5.74, 6) is -0.380. The van der Waals surface area contributed by atoms with Gasteiger partial charge in [0.2, 0.25) is 0 Å². The maximum Gasteiger partial charge on any atom is 0.337 e. The van der Waals surface area contributed by atoms with Gasteiger partial charge in [-0.2, -0.15) is 5.10 Å². The fraction of sp³-hybridized carbons (Fsp3) is 0.211. The Morgan fingerprint density at radius 3 is 2.78 bits per heavy atom. The first kappa shape index (κ1) is 18.9. The molecule has 27 heavy (non-hydrogen) atoms. The average Bonchev–Trinajstić information content (AvgIpc) is 3.16. The van der Waals surface area contributed by atoms with E-state index in [0.29, 0.717) is 12.5 Å². The van der Waals surface area contributed by atoms with Crippen molar-refractivity contribution < 1.29 is 14.6 Å². The lowest BCUT2D eigenvalue weighted by Gasteiger charge is -2.13. The number of rotatable bonds is 7. The zero-order valence-corrected chi connectivity index (χ0v) is 15.9. The van der Waals surface area contributed by atoms with Gasteiger partial charge in [0, 0.05) is 36.0 Å². The molecule has 7 nitrogen and oxygen atoms in total. The molecule has 1 aromatic carbocycles. The third kappa shape index (κ3) is 4.29. The molecule has 2 heterocycles. The topological polar surface area (TPSA) is 89.3 Å². The Labute approximate surface area is 162 Å².